The number of carbonyl (C=O) groups excluding carboxylic acids is 1. The molecule has 1 spiro atoms. The topological polar surface area (TPSA) is 26.3 Å². The quantitative estimate of drug-likeness (QED) is 0.526. The smallest absolute Gasteiger partial charge is 0.193 e. The lowest BCUT2D eigenvalue weighted by Crippen LogP contribution is -2.55. The van der Waals surface area contributed by atoms with Crippen molar-refractivity contribution in [1.82, 2.24) is 0 Å². The number of hydrogen-bond acceptors (Lipinski definition) is 2. The summed E-state index contributed by atoms with van der Waals surface area (Å²) < 4.78 is 6.94. The molecule has 0 aliphatic heterocycles. The summed E-state index contributed by atoms with van der Waals surface area (Å²) in [7, 11) is -1.85. The highest BCUT2D eigenvalue weighted by Gasteiger charge is 2.57. The highest BCUT2D eigenvalue weighted by Crippen LogP contribution is 2.59. The summed E-state index contributed by atoms with van der Waals surface area (Å²) in [5.41, 5.74) is -0.0329. The normalized spacial score (nSPS) is 29.9. The Morgan fingerprint density at radius 2 is 1.71 bits per heavy atom. The number of rotatable bonds is 3. The maximum Gasteiger partial charge on any atom is 0.193 e. The number of hydrogen-bond donors (Lipinski definition) is 0. The molecule has 0 heterocycles. The predicted octanol–water partition coefficient (Wildman–Crippen LogP) is 5.25. The summed E-state index contributed by atoms with van der Waals surface area (Å²) in [6, 6.07) is 0. The van der Waals surface area contributed by atoms with Gasteiger partial charge in [0.1, 0.15) is 5.78 Å². The van der Waals surface area contributed by atoms with E-state index < -0.39 is 8.32 Å². The van der Waals surface area contributed by atoms with Crippen LogP contribution in [0.5, 0.6) is 0 Å². The number of ketones is 1. The van der Waals surface area contributed by atoms with Gasteiger partial charge in [0.05, 0.1) is 5.60 Å². The van der Waals surface area contributed by atoms with E-state index in [1.54, 1.807) is 0 Å². The molecule has 2 fully saturated rings. The maximum absolute atomic E-state index is 11.7. The third kappa shape index (κ3) is 2.79. The molecule has 2 aliphatic carbocycles. The third-order valence-electron chi connectivity index (χ3n) is 6.44. The maximum atomic E-state index is 11.7. The van der Waals surface area contributed by atoms with Crippen LogP contribution < -0.4 is 0 Å². The summed E-state index contributed by atoms with van der Waals surface area (Å²) >= 11 is 0. The molecule has 2 saturated carbocycles. The Bertz CT molecular complexity index is 423. The molecule has 0 amide bonds. The van der Waals surface area contributed by atoms with Gasteiger partial charge in [0, 0.05) is 18.3 Å². The van der Waals surface area contributed by atoms with Gasteiger partial charge in [-0.25, -0.2) is 0 Å². The lowest BCUT2D eigenvalue weighted by molar-refractivity contribution is -0.125. The highest BCUT2D eigenvalue weighted by atomic mass is 28.4. The van der Waals surface area contributed by atoms with Gasteiger partial charge in [-0.15, -0.1) is 6.58 Å². The summed E-state index contributed by atoms with van der Waals surface area (Å²) in [6.07, 6.45) is 9.02. The largest absolute Gasteiger partial charge is 0.407 e. The van der Waals surface area contributed by atoms with Crippen LogP contribution in [0.1, 0.15) is 65.7 Å². The minimum Gasteiger partial charge on any atom is -0.407 e. The van der Waals surface area contributed by atoms with Crippen molar-refractivity contribution in [3.63, 3.8) is 0 Å². The second kappa shape index (κ2) is 5.34. The summed E-state index contributed by atoms with van der Waals surface area (Å²) in [6.45, 7) is 15.7. The van der Waals surface area contributed by atoms with E-state index in [4.69, 9.17) is 4.43 Å². The van der Waals surface area contributed by atoms with Gasteiger partial charge in [0.2, 0.25) is 0 Å². The summed E-state index contributed by atoms with van der Waals surface area (Å²) in [5, 5.41) is 0.206. The molecule has 21 heavy (non-hydrogen) atoms. The van der Waals surface area contributed by atoms with Crippen molar-refractivity contribution in [2.45, 2.75) is 89.5 Å². The average molecular weight is 309 g/mol. The van der Waals surface area contributed by atoms with E-state index in [9.17, 15) is 4.79 Å². The first-order valence-corrected chi connectivity index (χ1v) is 11.3. The van der Waals surface area contributed by atoms with E-state index in [0.29, 0.717) is 5.78 Å². The molecule has 2 aliphatic rings. The highest BCUT2D eigenvalue weighted by molar-refractivity contribution is 6.74. The molecule has 3 heteroatoms. The first-order chi connectivity index (χ1) is 9.58. The molecule has 0 aromatic heterocycles. The number of Topliss-reactive ketones (excluding diaryl/α,β-unsaturated/α-hetero) is 1. The standard InChI is InChI=1S/C18H32O2Si/c1-7-18(20-21(5,6)16(2,3)4)12-8-11-17(18)13-9-15(19)10-14-17/h7H,1,8-14H2,2-6H3. The predicted molar refractivity (Wildman–Crippen MR) is 91.0 cm³/mol. The first kappa shape index (κ1) is 16.9. The van der Waals surface area contributed by atoms with Crippen molar-refractivity contribution in [3.05, 3.63) is 12.7 Å². The van der Waals surface area contributed by atoms with Gasteiger partial charge >= 0.3 is 0 Å². The Hall–Kier alpha value is -0.413. The fourth-order valence-electron chi connectivity index (χ4n) is 3.97. The van der Waals surface area contributed by atoms with Gasteiger partial charge in [-0.1, -0.05) is 26.8 Å². The van der Waals surface area contributed by atoms with Gasteiger partial charge < -0.3 is 4.43 Å². The van der Waals surface area contributed by atoms with Crippen LogP contribution in [-0.4, -0.2) is 19.7 Å². The molecule has 0 aromatic carbocycles. The van der Waals surface area contributed by atoms with Crippen molar-refractivity contribution >= 4 is 14.1 Å². The van der Waals surface area contributed by atoms with E-state index in [0.717, 1.165) is 32.1 Å². The molecule has 0 saturated heterocycles. The molecule has 2 nitrogen and oxygen atoms in total. The molecular formula is C18H32O2Si. The zero-order valence-corrected chi connectivity index (χ0v) is 15.6. The van der Waals surface area contributed by atoms with Crippen molar-refractivity contribution < 1.29 is 9.22 Å². The van der Waals surface area contributed by atoms with Gasteiger partial charge in [0.15, 0.2) is 8.32 Å². The molecule has 1 unspecified atom stereocenters. The van der Waals surface area contributed by atoms with Gasteiger partial charge in [-0.3, -0.25) is 4.79 Å². The van der Waals surface area contributed by atoms with E-state index in [1.807, 2.05) is 0 Å². The first-order valence-electron chi connectivity index (χ1n) is 8.43. The van der Waals surface area contributed by atoms with Crippen molar-refractivity contribution in [1.29, 1.82) is 0 Å². The van der Waals surface area contributed by atoms with Crippen LogP contribution in [-0.2, 0) is 9.22 Å². The van der Waals surface area contributed by atoms with E-state index in [1.165, 1.54) is 12.8 Å². The molecule has 2 rings (SSSR count). The zero-order chi connectivity index (χ0) is 15.9. The molecule has 0 aromatic rings. The molecule has 1 atom stereocenters. The Morgan fingerprint density at radius 3 is 2.19 bits per heavy atom. The fraction of sp³-hybridized carbons (Fsp3) is 0.833. The van der Waals surface area contributed by atoms with Gasteiger partial charge in [-0.05, 0) is 50.2 Å². The Labute approximate surface area is 131 Å². The van der Waals surface area contributed by atoms with Crippen LogP contribution >= 0.6 is 0 Å². The monoisotopic (exact) mass is 308 g/mol. The number of carbonyl (C=O) groups is 1. The SMILES string of the molecule is C=CC1(O[Si](C)(C)C(C)(C)C)CCCC12CCC(=O)CC2. The second-order valence-electron chi connectivity index (χ2n) is 8.63. The Kier molecular flexibility index (Phi) is 4.31. The fourth-order valence-corrected chi connectivity index (χ4v) is 5.59. The summed E-state index contributed by atoms with van der Waals surface area (Å²) in [5.74, 6) is 0.429. The Balaban J connectivity index is 2.32. The van der Waals surface area contributed by atoms with Crippen LogP contribution in [0.25, 0.3) is 0 Å². The van der Waals surface area contributed by atoms with Gasteiger partial charge in [0.25, 0.3) is 0 Å². The van der Waals surface area contributed by atoms with Crippen molar-refractivity contribution in [2.75, 3.05) is 0 Å². The van der Waals surface area contributed by atoms with Crippen LogP contribution in [0.3, 0.4) is 0 Å². The van der Waals surface area contributed by atoms with E-state index in [2.05, 4.69) is 46.5 Å². The second-order valence-corrected chi connectivity index (χ2v) is 13.4. The Morgan fingerprint density at radius 1 is 1.14 bits per heavy atom. The van der Waals surface area contributed by atoms with Crippen molar-refractivity contribution in [2.24, 2.45) is 5.41 Å². The van der Waals surface area contributed by atoms with E-state index >= 15 is 0 Å². The molecule has 120 valence electrons. The van der Waals surface area contributed by atoms with Crippen LogP contribution in [0, 0.1) is 5.41 Å². The van der Waals surface area contributed by atoms with Crippen molar-refractivity contribution in [3.8, 4) is 0 Å². The van der Waals surface area contributed by atoms with Gasteiger partial charge in [-0.2, -0.15) is 0 Å². The average Bonchev–Trinajstić information content (AvgIpc) is 2.70. The minimum atomic E-state index is -1.85. The van der Waals surface area contributed by atoms with Crippen LogP contribution in [0.2, 0.25) is 18.1 Å². The third-order valence-corrected chi connectivity index (χ3v) is 10.9. The molecular weight excluding hydrogens is 276 g/mol. The molecule has 0 radical (unpaired) electrons. The summed E-state index contributed by atoms with van der Waals surface area (Å²) in [4.78, 5) is 11.7. The molecule has 0 bridgehead atoms. The lowest BCUT2D eigenvalue weighted by Gasteiger charge is -2.52. The minimum absolute atomic E-state index is 0.165. The van der Waals surface area contributed by atoms with Crippen LogP contribution in [0.4, 0.5) is 0 Å². The van der Waals surface area contributed by atoms with E-state index in [-0.39, 0.29) is 16.1 Å². The molecule has 0 N–H and O–H groups in total. The zero-order valence-electron chi connectivity index (χ0n) is 14.6. The van der Waals surface area contributed by atoms with Crippen LogP contribution in [0.15, 0.2) is 12.7 Å². The lowest BCUT2D eigenvalue weighted by atomic mass is 9.65.